The van der Waals surface area contributed by atoms with Gasteiger partial charge in [-0.1, -0.05) is 6.92 Å². The largest absolute Gasteiger partial charge is 0.352 e. The first kappa shape index (κ1) is 14.5. The SMILES string of the molecule is CCC(C)NC(=O)C(C)NCCN1CCCC1. The molecule has 0 saturated carbocycles. The molecule has 0 aliphatic carbocycles. The summed E-state index contributed by atoms with van der Waals surface area (Å²) in [6.07, 6.45) is 3.63. The van der Waals surface area contributed by atoms with E-state index in [1.807, 2.05) is 13.8 Å². The molecule has 2 atom stereocenters. The Bertz CT molecular complexity index is 227. The fourth-order valence-electron chi connectivity index (χ4n) is 2.01. The van der Waals surface area contributed by atoms with Gasteiger partial charge in [0.25, 0.3) is 0 Å². The number of carbonyl (C=O) groups excluding carboxylic acids is 1. The molecule has 0 aromatic rings. The summed E-state index contributed by atoms with van der Waals surface area (Å²) in [5.74, 6) is 0.112. The monoisotopic (exact) mass is 241 g/mol. The van der Waals surface area contributed by atoms with Crippen LogP contribution in [0.2, 0.25) is 0 Å². The van der Waals surface area contributed by atoms with E-state index < -0.39 is 0 Å². The summed E-state index contributed by atoms with van der Waals surface area (Å²) in [5.41, 5.74) is 0. The summed E-state index contributed by atoms with van der Waals surface area (Å²) >= 11 is 0. The standard InChI is InChI=1S/C13H27N3O/c1-4-11(2)15-13(17)12(3)14-7-10-16-8-5-6-9-16/h11-12,14H,4-10H2,1-3H3,(H,15,17). The maximum absolute atomic E-state index is 11.8. The number of rotatable bonds is 7. The number of amides is 1. The Labute approximate surface area is 105 Å². The van der Waals surface area contributed by atoms with Gasteiger partial charge in [0, 0.05) is 19.1 Å². The van der Waals surface area contributed by atoms with Crippen LogP contribution in [-0.2, 0) is 4.79 Å². The zero-order chi connectivity index (χ0) is 12.7. The number of hydrogen-bond acceptors (Lipinski definition) is 3. The first-order valence-corrected chi connectivity index (χ1v) is 6.89. The maximum Gasteiger partial charge on any atom is 0.237 e. The fraction of sp³-hybridized carbons (Fsp3) is 0.923. The van der Waals surface area contributed by atoms with Gasteiger partial charge in [-0.2, -0.15) is 0 Å². The number of hydrogen-bond donors (Lipinski definition) is 2. The van der Waals surface area contributed by atoms with E-state index in [9.17, 15) is 4.79 Å². The van der Waals surface area contributed by atoms with Crippen LogP contribution in [0.5, 0.6) is 0 Å². The molecule has 2 N–H and O–H groups in total. The molecule has 4 nitrogen and oxygen atoms in total. The molecule has 100 valence electrons. The van der Waals surface area contributed by atoms with Crippen molar-refractivity contribution in [1.29, 1.82) is 0 Å². The Morgan fingerprint density at radius 1 is 1.29 bits per heavy atom. The quantitative estimate of drug-likeness (QED) is 0.698. The van der Waals surface area contributed by atoms with E-state index in [2.05, 4.69) is 22.5 Å². The van der Waals surface area contributed by atoms with Gasteiger partial charge >= 0.3 is 0 Å². The van der Waals surface area contributed by atoms with Gasteiger partial charge in [0.2, 0.25) is 5.91 Å². The topological polar surface area (TPSA) is 44.4 Å². The van der Waals surface area contributed by atoms with Gasteiger partial charge in [0.15, 0.2) is 0 Å². The molecule has 1 fully saturated rings. The Morgan fingerprint density at radius 2 is 1.94 bits per heavy atom. The molecule has 0 aromatic carbocycles. The minimum Gasteiger partial charge on any atom is -0.352 e. The van der Waals surface area contributed by atoms with Crippen LogP contribution in [0.3, 0.4) is 0 Å². The molecular formula is C13H27N3O. The van der Waals surface area contributed by atoms with Crippen LogP contribution in [0.15, 0.2) is 0 Å². The average Bonchev–Trinajstić information content (AvgIpc) is 2.81. The minimum atomic E-state index is -0.0911. The number of nitrogens with zero attached hydrogens (tertiary/aromatic N) is 1. The Balaban J connectivity index is 2.10. The van der Waals surface area contributed by atoms with Crippen molar-refractivity contribution in [3.63, 3.8) is 0 Å². The Morgan fingerprint density at radius 3 is 2.53 bits per heavy atom. The van der Waals surface area contributed by atoms with Crippen LogP contribution in [0.1, 0.15) is 40.0 Å². The van der Waals surface area contributed by atoms with Gasteiger partial charge in [-0.15, -0.1) is 0 Å². The highest BCUT2D eigenvalue weighted by atomic mass is 16.2. The summed E-state index contributed by atoms with van der Waals surface area (Å²) < 4.78 is 0. The molecule has 1 aliphatic heterocycles. The van der Waals surface area contributed by atoms with Crippen LogP contribution >= 0.6 is 0 Å². The maximum atomic E-state index is 11.8. The third-order valence-electron chi connectivity index (χ3n) is 3.47. The smallest absolute Gasteiger partial charge is 0.237 e. The number of likely N-dealkylation sites (tertiary alicyclic amines) is 1. The predicted molar refractivity (Wildman–Crippen MR) is 71.0 cm³/mol. The molecule has 1 amide bonds. The fourth-order valence-corrected chi connectivity index (χ4v) is 2.01. The van der Waals surface area contributed by atoms with Crippen LogP contribution in [0, 0.1) is 0 Å². The van der Waals surface area contributed by atoms with Crippen LogP contribution in [-0.4, -0.2) is 49.1 Å². The van der Waals surface area contributed by atoms with E-state index in [-0.39, 0.29) is 18.0 Å². The van der Waals surface area contributed by atoms with Crippen LogP contribution < -0.4 is 10.6 Å². The summed E-state index contributed by atoms with van der Waals surface area (Å²) in [6.45, 7) is 10.4. The lowest BCUT2D eigenvalue weighted by Gasteiger charge is -2.19. The molecule has 0 radical (unpaired) electrons. The molecule has 1 rings (SSSR count). The van der Waals surface area contributed by atoms with Gasteiger partial charge in [-0.25, -0.2) is 0 Å². The summed E-state index contributed by atoms with van der Waals surface area (Å²) in [5, 5.41) is 6.28. The van der Waals surface area contributed by atoms with Crippen molar-refractivity contribution < 1.29 is 4.79 Å². The first-order valence-electron chi connectivity index (χ1n) is 6.89. The minimum absolute atomic E-state index is 0.0911. The summed E-state index contributed by atoms with van der Waals surface area (Å²) in [4.78, 5) is 14.2. The van der Waals surface area contributed by atoms with Crippen molar-refractivity contribution in [3.8, 4) is 0 Å². The van der Waals surface area contributed by atoms with E-state index in [4.69, 9.17) is 0 Å². The Kier molecular flexibility index (Phi) is 6.52. The molecule has 1 aliphatic rings. The lowest BCUT2D eigenvalue weighted by Crippen LogP contribution is -2.47. The van der Waals surface area contributed by atoms with Gasteiger partial charge in [0.05, 0.1) is 6.04 Å². The second-order valence-corrected chi connectivity index (χ2v) is 5.04. The van der Waals surface area contributed by atoms with Gasteiger partial charge in [-0.3, -0.25) is 4.79 Å². The molecule has 0 bridgehead atoms. The zero-order valence-corrected chi connectivity index (χ0v) is 11.5. The molecule has 4 heteroatoms. The number of carbonyl (C=O) groups is 1. The third kappa shape index (κ3) is 5.50. The van der Waals surface area contributed by atoms with Crippen LogP contribution in [0.25, 0.3) is 0 Å². The molecule has 2 unspecified atom stereocenters. The van der Waals surface area contributed by atoms with Crippen molar-refractivity contribution in [2.24, 2.45) is 0 Å². The highest BCUT2D eigenvalue weighted by Crippen LogP contribution is 2.05. The van der Waals surface area contributed by atoms with Crippen molar-refractivity contribution in [2.75, 3.05) is 26.2 Å². The highest BCUT2D eigenvalue weighted by molar-refractivity contribution is 5.81. The molecule has 17 heavy (non-hydrogen) atoms. The van der Waals surface area contributed by atoms with E-state index >= 15 is 0 Å². The van der Waals surface area contributed by atoms with Gasteiger partial charge in [0.1, 0.15) is 0 Å². The van der Waals surface area contributed by atoms with E-state index in [0.29, 0.717) is 0 Å². The van der Waals surface area contributed by atoms with Crippen molar-refractivity contribution in [2.45, 2.75) is 52.1 Å². The zero-order valence-electron chi connectivity index (χ0n) is 11.5. The van der Waals surface area contributed by atoms with Crippen molar-refractivity contribution >= 4 is 5.91 Å². The second-order valence-electron chi connectivity index (χ2n) is 5.04. The van der Waals surface area contributed by atoms with Crippen LogP contribution in [0.4, 0.5) is 0 Å². The van der Waals surface area contributed by atoms with Crippen molar-refractivity contribution in [3.05, 3.63) is 0 Å². The molecule has 0 spiro atoms. The van der Waals surface area contributed by atoms with Crippen molar-refractivity contribution in [1.82, 2.24) is 15.5 Å². The average molecular weight is 241 g/mol. The summed E-state index contributed by atoms with van der Waals surface area (Å²) in [6, 6.07) is 0.178. The highest BCUT2D eigenvalue weighted by Gasteiger charge is 2.15. The molecule has 1 heterocycles. The third-order valence-corrected chi connectivity index (χ3v) is 3.47. The molecule has 0 aromatic heterocycles. The van der Waals surface area contributed by atoms with Gasteiger partial charge in [-0.05, 0) is 46.2 Å². The van der Waals surface area contributed by atoms with E-state index in [0.717, 1.165) is 19.5 Å². The molecule has 1 saturated heterocycles. The lowest BCUT2D eigenvalue weighted by molar-refractivity contribution is -0.123. The predicted octanol–water partition coefficient (Wildman–Crippen LogP) is 0.975. The second kappa shape index (κ2) is 7.67. The Hall–Kier alpha value is -0.610. The number of nitrogens with one attached hydrogen (secondary N) is 2. The van der Waals surface area contributed by atoms with Gasteiger partial charge < -0.3 is 15.5 Å². The molecular weight excluding hydrogens is 214 g/mol. The summed E-state index contributed by atoms with van der Waals surface area (Å²) in [7, 11) is 0. The van der Waals surface area contributed by atoms with E-state index in [1.165, 1.54) is 25.9 Å². The normalized spacial score (nSPS) is 20.2. The lowest BCUT2D eigenvalue weighted by atomic mass is 10.2. The van der Waals surface area contributed by atoms with E-state index in [1.54, 1.807) is 0 Å². The first-order chi connectivity index (χ1) is 8.13.